The summed E-state index contributed by atoms with van der Waals surface area (Å²) in [6, 6.07) is 23.8. The van der Waals surface area contributed by atoms with Crippen molar-refractivity contribution in [1.82, 2.24) is 9.47 Å². The summed E-state index contributed by atoms with van der Waals surface area (Å²) in [5.41, 5.74) is 5.35. The van der Waals surface area contributed by atoms with Crippen LogP contribution in [0.3, 0.4) is 0 Å². The minimum absolute atomic E-state index is 0.168. The maximum atomic E-state index is 10.6. The second-order valence-electron chi connectivity index (χ2n) is 9.75. The summed E-state index contributed by atoms with van der Waals surface area (Å²) in [6.07, 6.45) is 5.25. The zero-order valence-electron chi connectivity index (χ0n) is 19.9. The fraction of sp³-hybridized carbons (Fsp3) is 0.379. The summed E-state index contributed by atoms with van der Waals surface area (Å²) >= 11 is 0. The summed E-state index contributed by atoms with van der Waals surface area (Å²) in [5.74, 6) is 0. The zero-order valence-corrected chi connectivity index (χ0v) is 19.9. The molecule has 0 saturated heterocycles. The van der Waals surface area contributed by atoms with Crippen molar-refractivity contribution in [3.63, 3.8) is 0 Å². The first-order valence-electron chi connectivity index (χ1n) is 11.6. The van der Waals surface area contributed by atoms with E-state index in [0.29, 0.717) is 6.54 Å². The van der Waals surface area contributed by atoms with E-state index in [0.717, 1.165) is 32.5 Å². The van der Waals surface area contributed by atoms with Crippen LogP contribution in [0.25, 0.3) is 0 Å². The molecule has 0 unspecified atom stereocenters. The molecule has 32 heavy (non-hydrogen) atoms. The molecule has 0 fully saturated rings. The molecular weight excluding hydrogens is 392 g/mol. The lowest BCUT2D eigenvalue weighted by atomic mass is 9.87. The number of nitrogens with zero attached hydrogens (tertiary/aromatic N) is 2. The molecule has 0 spiro atoms. The van der Waals surface area contributed by atoms with Crippen LogP contribution in [0.4, 0.5) is 0 Å². The molecule has 3 rings (SSSR count). The van der Waals surface area contributed by atoms with Crippen LogP contribution in [0.5, 0.6) is 0 Å². The molecule has 0 aliphatic carbocycles. The fourth-order valence-electron chi connectivity index (χ4n) is 4.01. The van der Waals surface area contributed by atoms with E-state index in [1.54, 1.807) is 0 Å². The van der Waals surface area contributed by atoms with Crippen LogP contribution >= 0.6 is 0 Å². The number of allylic oxidation sites excluding steroid dienone is 1. The Kier molecular flexibility index (Phi) is 8.49. The second-order valence-corrected chi connectivity index (χ2v) is 9.75. The number of aromatic nitrogens is 1. The first kappa shape index (κ1) is 24.0. The topological polar surface area (TPSA) is 28.4 Å². The van der Waals surface area contributed by atoms with Gasteiger partial charge in [-0.3, -0.25) is 4.90 Å². The summed E-state index contributed by atoms with van der Waals surface area (Å²) < 4.78 is 2.32. The molecule has 170 valence electrons. The summed E-state index contributed by atoms with van der Waals surface area (Å²) in [5, 5.41) is 10.6. The molecule has 0 bridgehead atoms. The van der Waals surface area contributed by atoms with Gasteiger partial charge in [-0.1, -0.05) is 81.4 Å². The molecule has 1 N–H and O–H groups in total. The quantitative estimate of drug-likeness (QED) is 0.369. The van der Waals surface area contributed by atoms with E-state index in [4.69, 9.17) is 0 Å². The van der Waals surface area contributed by atoms with Gasteiger partial charge in [-0.2, -0.15) is 0 Å². The average molecular weight is 431 g/mol. The van der Waals surface area contributed by atoms with E-state index in [2.05, 4.69) is 104 Å². The van der Waals surface area contributed by atoms with Crippen molar-refractivity contribution in [2.24, 2.45) is 0 Å². The van der Waals surface area contributed by atoms with Gasteiger partial charge in [-0.05, 0) is 47.1 Å². The molecule has 0 saturated carbocycles. The average Bonchev–Trinajstić information content (AvgIpc) is 3.19. The molecule has 2 aromatic carbocycles. The number of aliphatic hydroxyl groups is 1. The third kappa shape index (κ3) is 7.22. The van der Waals surface area contributed by atoms with E-state index in [1.807, 2.05) is 12.1 Å². The maximum absolute atomic E-state index is 10.6. The molecular formula is C29H38N2O. The van der Waals surface area contributed by atoms with Crippen LogP contribution in [0.15, 0.2) is 85.6 Å². The lowest BCUT2D eigenvalue weighted by Crippen LogP contribution is -2.32. The normalized spacial score (nSPS) is 12.8. The predicted octanol–water partition coefficient (Wildman–Crippen LogP) is 6.16. The number of rotatable bonds is 11. The molecule has 0 radical (unpaired) electrons. The highest BCUT2D eigenvalue weighted by Crippen LogP contribution is 2.23. The minimum Gasteiger partial charge on any atom is -0.392 e. The lowest BCUT2D eigenvalue weighted by molar-refractivity contribution is 0.0971. The second kappa shape index (κ2) is 11.3. The molecule has 0 amide bonds. The summed E-state index contributed by atoms with van der Waals surface area (Å²) in [6.45, 7) is 13.6. The Morgan fingerprint density at radius 1 is 0.938 bits per heavy atom. The molecule has 3 heteroatoms. The van der Waals surface area contributed by atoms with E-state index in [1.165, 1.54) is 22.4 Å². The van der Waals surface area contributed by atoms with Crippen LogP contribution in [0, 0.1) is 0 Å². The van der Waals surface area contributed by atoms with Gasteiger partial charge in [-0.25, -0.2) is 0 Å². The first-order valence-corrected chi connectivity index (χ1v) is 11.6. The Hall–Kier alpha value is -2.62. The van der Waals surface area contributed by atoms with Gasteiger partial charge < -0.3 is 9.67 Å². The lowest BCUT2D eigenvalue weighted by Gasteiger charge is -2.26. The van der Waals surface area contributed by atoms with Crippen molar-refractivity contribution in [1.29, 1.82) is 0 Å². The Balaban J connectivity index is 1.72. The van der Waals surface area contributed by atoms with Crippen molar-refractivity contribution in [3.8, 4) is 0 Å². The Morgan fingerprint density at radius 2 is 1.66 bits per heavy atom. The highest BCUT2D eigenvalue weighted by molar-refractivity contribution is 5.28. The van der Waals surface area contributed by atoms with Gasteiger partial charge in [0.05, 0.1) is 6.10 Å². The maximum Gasteiger partial charge on any atom is 0.0670 e. The molecule has 1 atom stereocenters. The van der Waals surface area contributed by atoms with E-state index < -0.39 is 0 Å². The SMILES string of the molecule is C=CCC[C@@H](O)CN(Cc1ccccc1)Cc1cccn1Cc1ccc(C(C)(C)C)cc1. The van der Waals surface area contributed by atoms with Gasteiger partial charge in [0.15, 0.2) is 0 Å². The fourth-order valence-corrected chi connectivity index (χ4v) is 4.01. The van der Waals surface area contributed by atoms with Crippen molar-refractivity contribution in [3.05, 3.63) is 108 Å². The first-order chi connectivity index (χ1) is 15.3. The van der Waals surface area contributed by atoms with E-state index in [-0.39, 0.29) is 11.5 Å². The van der Waals surface area contributed by atoms with Crippen LogP contribution in [-0.2, 0) is 25.0 Å². The van der Waals surface area contributed by atoms with Crippen molar-refractivity contribution >= 4 is 0 Å². The van der Waals surface area contributed by atoms with Crippen LogP contribution in [-0.4, -0.2) is 27.2 Å². The summed E-state index contributed by atoms with van der Waals surface area (Å²) in [7, 11) is 0. The molecule has 1 heterocycles. The third-order valence-corrected chi connectivity index (χ3v) is 5.90. The molecule has 1 aromatic heterocycles. The number of hydrogen-bond donors (Lipinski definition) is 1. The van der Waals surface area contributed by atoms with Crippen molar-refractivity contribution in [2.45, 2.75) is 64.8 Å². The standard InChI is InChI=1S/C29H38N2O/c1-5-6-14-28(32)23-30(20-24-11-8-7-9-12-24)22-27-13-10-19-31(27)21-25-15-17-26(18-16-25)29(2,3)4/h5,7-13,15-19,28,32H,1,6,14,20-23H2,2-4H3/t28-/m1/s1. The van der Waals surface area contributed by atoms with E-state index >= 15 is 0 Å². The third-order valence-electron chi connectivity index (χ3n) is 5.90. The Bertz CT molecular complexity index is 951. The van der Waals surface area contributed by atoms with Gasteiger partial charge in [0.25, 0.3) is 0 Å². The van der Waals surface area contributed by atoms with Gasteiger partial charge in [0.2, 0.25) is 0 Å². The van der Waals surface area contributed by atoms with Crippen molar-refractivity contribution in [2.75, 3.05) is 6.54 Å². The summed E-state index contributed by atoms with van der Waals surface area (Å²) in [4.78, 5) is 2.34. The highest BCUT2D eigenvalue weighted by Gasteiger charge is 2.16. The van der Waals surface area contributed by atoms with Gasteiger partial charge in [0.1, 0.15) is 0 Å². The Morgan fingerprint density at radius 3 is 2.31 bits per heavy atom. The highest BCUT2D eigenvalue weighted by atomic mass is 16.3. The van der Waals surface area contributed by atoms with Crippen LogP contribution in [0.1, 0.15) is 56.0 Å². The largest absolute Gasteiger partial charge is 0.392 e. The molecule has 3 nitrogen and oxygen atoms in total. The minimum atomic E-state index is -0.356. The molecule has 3 aromatic rings. The number of aliphatic hydroxyl groups excluding tert-OH is 1. The van der Waals surface area contributed by atoms with Crippen LogP contribution < -0.4 is 0 Å². The Labute approximate surface area is 194 Å². The van der Waals surface area contributed by atoms with Crippen LogP contribution in [0.2, 0.25) is 0 Å². The van der Waals surface area contributed by atoms with Gasteiger partial charge in [0, 0.05) is 38.1 Å². The predicted molar refractivity (Wildman–Crippen MR) is 135 cm³/mol. The number of benzene rings is 2. The monoisotopic (exact) mass is 430 g/mol. The zero-order chi connectivity index (χ0) is 23.0. The van der Waals surface area contributed by atoms with Crippen molar-refractivity contribution < 1.29 is 5.11 Å². The molecule has 0 aliphatic heterocycles. The van der Waals surface area contributed by atoms with Gasteiger partial charge in [-0.15, -0.1) is 6.58 Å². The number of hydrogen-bond acceptors (Lipinski definition) is 2. The van der Waals surface area contributed by atoms with Gasteiger partial charge >= 0.3 is 0 Å². The van der Waals surface area contributed by atoms with E-state index in [9.17, 15) is 5.11 Å². The molecule has 0 aliphatic rings. The smallest absolute Gasteiger partial charge is 0.0670 e.